The molecule has 0 heterocycles. The Labute approximate surface area is 286 Å². The number of carboxylic acid groups (broad SMARTS) is 1. The Bertz CT molecular complexity index is 1250. The molecule has 0 spiro atoms. The summed E-state index contributed by atoms with van der Waals surface area (Å²) in [6.45, 7) is 19.8. The van der Waals surface area contributed by atoms with Gasteiger partial charge in [-0.1, -0.05) is 33.6 Å². The van der Waals surface area contributed by atoms with E-state index in [0.717, 1.165) is 29.0 Å². The molecule has 2 aromatic rings. The van der Waals surface area contributed by atoms with Crippen LogP contribution in [0.3, 0.4) is 0 Å². The first-order valence-electron chi connectivity index (χ1n) is 12.7. The van der Waals surface area contributed by atoms with E-state index < -0.39 is 17.9 Å². The van der Waals surface area contributed by atoms with Crippen LogP contribution in [0.5, 0.6) is 11.5 Å². The van der Waals surface area contributed by atoms with Crippen LogP contribution in [0.4, 0.5) is 0 Å². The van der Waals surface area contributed by atoms with Crippen molar-refractivity contribution >= 4 is 81.6 Å². The van der Waals surface area contributed by atoms with E-state index >= 15 is 0 Å². The minimum Gasteiger partial charge on any atom is -0.488 e. The molecule has 0 aliphatic heterocycles. The Balaban J connectivity index is 0.00000139. The maximum atomic E-state index is 11.5. The molecule has 0 radical (unpaired) electrons. The minimum atomic E-state index is -0.935. The molecule has 43 heavy (non-hydrogen) atoms. The number of carbonyl (C=O) groups is 3. The van der Waals surface area contributed by atoms with Gasteiger partial charge in [-0.15, -0.1) is 0 Å². The average molecular weight is 854 g/mol. The van der Waals surface area contributed by atoms with Crippen molar-refractivity contribution in [1.82, 2.24) is 0 Å². The van der Waals surface area contributed by atoms with Crippen LogP contribution in [0.2, 0.25) is 0 Å². The van der Waals surface area contributed by atoms with Crippen molar-refractivity contribution in [2.75, 3.05) is 26.4 Å². The largest absolute Gasteiger partial charge is 0.488 e. The lowest BCUT2D eigenvalue weighted by atomic mass is 9.78. The molecule has 0 bridgehead atoms. The number of benzene rings is 2. The van der Waals surface area contributed by atoms with Gasteiger partial charge in [-0.2, -0.15) is 0 Å². The van der Waals surface area contributed by atoms with Crippen LogP contribution in [0.25, 0.3) is 0 Å². The molecule has 2 rings (SSSR count). The molecule has 0 fully saturated rings. The highest BCUT2D eigenvalue weighted by molar-refractivity contribution is 9.11. The van der Waals surface area contributed by atoms with Gasteiger partial charge in [-0.25, -0.2) is 14.4 Å². The third-order valence-electron chi connectivity index (χ3n) is 5.63. The van der Waals surface area contributed by atoms with Crippen LogP contribution < -0.4 is 9.47 Å². The van der Waals surface area contributed by atoms with E-state index in [2.05, 4.69) is 97.3 Å². The molecule has 0 saturated carbocycles. The van der Waals surface area contributed by atoms with Crippen LogP contribution in [0, 0.1) is 0 Å². The van der Waals surface area contributed by atoms with Crippen molar-refractivity contribution in [2.24, 2.45) is 0 Å². The number of carbonyl (C=O) groups excluding carboxylic acids is 2. The molecule has 0 atom stereocenters. The smallest absolute Gasteiger partial charge is 0.333 e. The van der Waals surface area contributed by atoms with Gasteiger partial charge in [0.1, 0.15) is 37.9 Å². The van der Waals surface area contributed by atoms with E-state index in [1.165, 1.54) is 6.92 Å². The molecular weight excluding hydrogens is 820 g/mol. The van der Waals surface area contributed by atoms with Gasteiger partial charge >= 0.3 is 17.9 Å². The third kappa shape index (κ3) is 12.2. The second-order valence-electron chi connectivity index (χ2n) is 9.78. The first-order chi connectivity index (χ1) is 19.9. The van der Waals surface area contributed by atoms with E-state index in [0.29, 0.717) is 22.6 Å². The second kappa shape index (κ2) is 17.8. The molecule has 1 N–H and O–H groups in total. The van der Waals surface area contributed by atoms with Crippen LogP contribution in [-0.4, -0.2) is 49.4 Å². The molecule has 0 amide bonds. The Hall–Kier alpha value is -2.41. The number of carboxylic acids is 1. The first-order valence-corrected chi connectivity index (χ1v) is 15.9. The van der Waals surface area contributed by atoms with Gasteiger partial charge < -0.3 is 24.1 Å². The number of aliphatic carboxylic acids is 1. The highest BCUT2D eigenvalue weighted by Gasteiger charge is 2.27. The predicted octanol–water partition coefficient (Wildman–Crippen LogP) is 8.71. The fourth-order valence-corrected chi connectivity index (χ4v) is 5.92. The van der Waals surface area contributed by atoms with E-state index in [1.54, 1.807) is 13.8 Å². The maximum Gasteiger partial charge on any atom is 0.333 e. The maximum absolute atomic E-state index is 11.5. The standard InChI is InChI=1S/C27H28Br4O6.C4H6O2/c1-15(2)25(32)36-9-7-34-23-19(28)11-17(12-20(23)29)27(5,6)18-13-21(30)24(22(31)14-18)35-8-10-37-26(33)16(3)4;1-3(2)4(5)6/h11-14H,1,3,7-10H2,2,4-6H3;1H2,2H3,(H,5,6). The summed E-state index contributed by atoms with van der Waals surface area (Å²) < 4.78 is 24.9. The van der Waals surface area contributed by atoms with Crippen molar-refractivity contribution in [1.29, 1.82) is 0 Å². The summed E-state index contributed by atoms with van der Waals surface area (Å²) in [7, 11) is 0. The fourth-order valence-electron chi connectivity index (χ4n) is 3.09. The van der Waals surface area contributed by atoms with Gasteiger partial charge in [0.25, 0.3) is 0 Å². The van der Waals surface area contributed by atoms with Gasteiger partial charge in [-0.3, -0.25) is 0 Å². The molecule has 0 aromatic heterocycles. The summed E-state index contributed by atoms with van der Waals surface area (Å²) in [5, 5.41) is 7.89. The van der Waals surface area contributed by atoms with E-state index in [1.807, 2.05) is 24.3 Å². The van der Waals surface area contributed by atoms with Gasteiger partial charge in [0.2, 0.25) is 0 Å². The lowest BCUT2D eigenvalue weighted by Gasteiger charge is -2.28. The second-order valence-corrected chi connectivity index (χ2v) is 13.2. The van der Waals surface area contributed by atoms with Crippen molar-refractivity contribution in [3.63, 3.8) is 0 Å². The normalized spacial score (nSPS) is 10.5. The number of rotatable bonds is 13. The van der Waals surface area contributed by atoms with E-state index in [-0.39, 0.29) is 37.4 Å². The highest BCUT2D eigenvalue weighted by Crippen LogP contribution is 2.44. The summed E-state index contributed by atoms with van der Waals surface area (Å²) in [6, 6.07) is 8.01. The SMILES string of the molecule is C=C(C)C(=O)O.C=C(C)C(=O)OCCOc1c(Br)cc(C(C)(C)c2cc(Br)c(OCCOC(=O)C(=C)C)c(Br)c2)cc1Br. The zero-order chi connectivity index (χ0) is 33.1. The third-order valence-corrected chi connectivity index (χ3v) is 7.98. The molecule has 12 heteroatoms. The summed E-state index contributed by atoms with van der Waals surface area (Å²) in [5.74, 6) is -0.596. The molecule has 234 valence electrons. The zero-order valence-electron chi connectivity index (χ0n) is 24.6. The summed E-state index contributed by atoms with van der Waals surface area (Å²) in [6.07, 6.45) is 0. The monoisotopic (exact) mass is 850 g/mol. The molecular formula is C31H34Br4O8. The lowest BCUT2D eigenvalue weighted by molar-refractivity contribution is -0.140. The highest BCUT2D eigenvalue weighted by atomic mass is 79.9. The summed E-state index contributed by atoms with van der Waals surface area (Å²) in [4.78, 5) is 32.7. The van der Waals surface area contributed by atoms with Crippen molar-refractivity contribution in [3.05, 3.63) is 89.7 Å². The number of esters is 2. The molecule has 0 unspecified atom stereocenters. The number of hydrogen-bond donors (Lipinski definition) is 1. The van der Waals surface area contributed by atoms with Crippen LogP contribution in [0.15, 0.2) is 78.6 Å². The first kappa shape index (κ1) is 38.6. The van der Waals surface area contributed by atoms with E-state index in [9.17, 15) is 14.4 Å². The van der Waals surface area contributed by atoms with Crippen molar-refractivity contribution < 1.29 is 38.4 Å². The summed E-state index contributed by atoms with van der Waals surface area (Å²) >= 11 is 14.4. The quantitative estimate of drug-likeness (QED) is 0.121. The number of halogens is 4. The Morgan fingerprint density at radius 3 is 1.16 bits per heavy atom. The Morgan fingerprint density at radius 2 is 0.930 bits per heavy atom. The molecule has 2 aromatic carbocycles. The summed E-state index contributed by atoms with van der Waals surface area (Å²) in [5.41, 5.74) is 2.54. The average Bonchev–Trinajstić information content (AvgIpc) is 2.90. The van der Waals surface area contributed by atoms with Crippen molar-refractivity contribution in [3.8, 4) is 11.5 Å². The number of hydrogen-bond acceptors (Lipinski definition) is 7. The topological polar surface area (TPSA) is 108 Å². The van der Waals surface area contributed by atoms with Gasteiger partial charge in [0.05, 0.1) is 17.9 Å². The number of ether oxygens (including phenoxy) is 4. The van der Waals surface area contributed by atoms with Gasteiger partial charge in [-0.05, 0) is 120 Å². The molecule has 0 aliphatic rings. The fraction of sp³-hybridized carbons (Fsp3) is 0.323. The molecule has 0 aliphatic carbocycles. The lowest BCUT2D eigenvalue weighted by Crippen LogP contribution is -2.20. The minimum absolute atomic E-state index is 0.116. The molecule has 8 nitrogen and oxygen atoms in total. The van der Waals surface area contributed by atoms with Crippen LogP contribution in [0.1, 0.15) is 45.7 Å². The zero-order valence-corrected chi connectivity index (χ0v) is 30.9. The Morgan fingerprint density at radius 1 is 0.651 bits per heavy atom. The predicted molar refractivity (Wildman–Crippen MR) is 181 cm³/mol. The van der Waals surface area contributed by atoms with Crippen molar-refractivity contribution in [2.45, 2.75) is 40.0 Å². The van der Waals surface area contributed by atoms with Gasteiger partial charge in [0.15, 0.2) is 0 Å². The van der Waals surface area contributed by atoms with Gasteiger partial charge in [0, 0.05) is 22.1 Å². The Kier molecular flexibility index (Phi) is 16.0. The van der Waals surface area contributed by atoms with Crippen LogP contribution in [-0.2, 0) is 29.3 Å². The van der Waals surface area contributed by atoms with E-state index in [4.69, 9.17) is 24.1 Å². The molecule has 0 saturated heterocycles. The van der Waals surface area contributed by atoms with Crippen LogP contribution >= 0.6 is 63.7 Å².